The monoisotopic (exact) mass is 357 g/mol. The van der Waals surface area contributed by atoms with Gasteiger partial charge in [-0.25, -0.2) is 5.43 Å². The molecule has 0 aromatic heterocycles. The molecule has 0 radical (unpaired) electrons. The standard InChI is InChI=1S/C18H19N3O3S/c1-13-5-3-4-6-16(13)11-25-12-18(22)20-19-14(2)15-7-9-17(10-8-15)21(23)24/h3-10H,11-12H2,1-2H3,(H,20,22)/b19-14-. The van der Waals surface area contributed by atoms with Crippen molar-refractivity contribution >= 4 is 29.1 Å². The lowest BCUT2D eigenvalue weighted by atomic mass is 10.1. The molecule has 0 unspecified atom stereocenters. The molecule has 1 amide bonds. The second-order valence-corrected chi connectivity index (χ2v) is 6.44. The molecule has 7 heteroatoms. The summed E-state index contributed by atoms with van der Waals surface area (Å²) in [4.78, 5) is 22.1. The highest BCUT2D eigenvalue weighted by Crippen LogP contribution is 2.15. The Morgan fingerprint density at radius 2 is 1.88 bits per heavy atom. The van der Waals surface area contributed by atoms with Crippen LogP contribution in [0.5, 0.6) is 0 Å². The molecule has 2 aromatic rings. The summed E-state index contributed by atoms with van der Waals surface area (Å²) >= 11 is 1.52. The van der Waals surface area contributed by atoms with Crippen molar-refractivity contribution in [2.24, 2.45) is 5.10 Å². The van der Waals surface area contributed by atoms with Crippen LogP contribution in [-0.2, 0) is 10.5 Å². The highest BCUT2D eigenvalue weighted by molar-refractivity contribution is 7.99. The number of carbonyl (C=O) groups excluding carboxylic acids is 1. The Morgan fingerprint density at radius 1 is 1.20 bits per heavy atom. The predicted molar refractivity (Wildman–Crippen MR) is 101 cm³/mol. The van der Waals surface area contributed by atoms with E-state index in [1.807, 2.05) is 25.1 Å². The molecule has 0 aliphatic rings. The van der Waals surface area contributed by atoms with Crippen LogP contribution >= 0.6 is 11.8 Å². The molecular formula is C18H19N3O3S. The summed E-state index contributed by atoms with van der Waals surface area (Å²) in [5, 5.41) is 14.7. The van der Waals surface area contributed by atoms with Gasteiger partial charge in [0.25, 0.3) is 5.69 Å². The van der Waals surface area contributed by atoms with Gasteiger partial charge in [-0.05, 0) is 42.7 Å². The van der Waals surface area contributed by atoms with Gasteiger partial charge in [0.05, 0.1) is 16.4 Å². The third-order valence-corrected chi connectivity index (χ3v) is 4.58. The predicted octanol–water partition coefficient (Wildman–Crippen LogP) is 3.68. The summed E-state index contributed by atoms with van der Waals surface area (Å²) in [6.45, 7) is 3.79. The molecular weight excluding hydrogens is 338 g/mol. The molecule has 2 rings (SSSR count). The lowest BCUT2D eigenvalue weighted by molar-refractivity contribution is -0.384. The fourth-order valence-corrected chi connectivity index (χ4v) is 2.99. The van der Waals surface area contributed by atoms with Crippen LogP contribution in [-0.4, -0.2) is 22.3 Å². The number of nitro benzene ring substituents is 1. The van der Waals surface area contributed by atoms with Crippen LogP contribution < -0.4 is 5.43 Å². The van der Waals surface area contributed by atoms with Crippen molar-refractivity contribution in [3.8, 4) is 0 Å². The first kappa shape index (κ1) is 18.7. The third kappa shape index (κ3) is 5.72. The molecule has 6 nitrogen and oxygen atoms in total. The van der Waals surface area contributed by atoms with Crippen molar-refractivity contribution < 1.29 is 9.72 Å². The number of hydrazone groups is 1. The number of nitrogens with one attached hydrogen (secondary N) is 1. The Morgan fingerprint density at radius 3 is 2.52 bits per heavy atom. The lowest BCUT2D eigenvalue weighted by Crippen LogP contribution is -2.21. The van der Waals surface area contributed by atoms with E-state index in [4.69, 9.17) is 0 Å². The number of hydrogen-bond donors (Lipinski definition) is 1. The van der Waals surface area contributed by atoms with E-state index in [0.717, 1.165) is 11.3 Å². The van der Waals surface area contributed by atoms with Gasteiger partial charge in [-0.15, -0.1) is 11.8 Å². The Labute approximate surface area is 150 Å². The molecule has 2 aromatic carbocycles. The van der Waals surface area contributed by atoms with Crippen molar-refractivity contribution in [2.45, 2.75) is 19.6 Å². The molecule has 0 bridgehead atoms. The number of non-ortho nitro benzene ring substituents is 1. The fraction of sp³-hybridized carbons (Fsp3) is 0.222. The topological polar surface area (TPSA) is 84.6 Å². The van der Waals surface area contributed by atoms with Crippen molar-refractivity contribution in [3.05, 3.63) is 75.3 Å². The molecule has 0 saturated carbocycles. The molecule has 0 atom stereocenters. The van der Waals surface area contributed by atoms with Crippen LogP contribution in [0.2, 0.25) is 0 Å². The van der Waals surface area contributed by atoms with E-state index in [-0.39, 0.29) is 11.6 Å². The molecule has 1 N–H and O–H groups in total. The van der Waals surface area contributed by atoms with Crippen molar-refractivity contribution in [1.29, 1.82) is 0 Å². The Kier molecular flexibility index (Phi) is 6.71. The number of benzene rings is 2. The minimum absolute atomic E-state index is 0.0215. The molecule has 0 spiro atoms. The second kappa shape index (κ2) is 8.98. The maximum atomic E-state index is 11.9. The Balaban J connectivity index is 1.82. The van der Waals surface area contributed by atoms with E-state index in [9.17, 15) is 14.9 Å². The first-order valence-corrected chi connectivity index (χ1v) is 8.83. The van der Waals surface area contributed by atoms with Gasteiger partial charge in [0.2, 0.25) is 5.91 Å². The zero-order valence-corrected chi connectivity index (χ0v) is 14.9. The third-order valence-electron chi connectivity index (χ3n) is 3.60. The summed E-state index contributed by atoms with van der Waals surface area (Å²) in [6, 6.07) is 14.1. The average Bonchev–Trinajstić information content (AvgIpc) is 2.61. The van der Waals surface area contributed by atoms with Gasteiger partial charge in [-0.1, -0.05) is 24.3 Å². The molecule has 0 saturated heterocycles. The van der Waals surface area contributed by atoms with Gasteiger partial charge < -0.3 is 0 Å². The minimum atomic E-state index is -0.455. The molecule has 0 aliphatic carbocycles. The maximum Gasteiger partial charge on any atom is 0.269 e. The first-order chi connectivity index (χ1) is 12.0. The first-order valence-electron chi connectivity index (χ1n) is 7.67. The van der Waals surface area contributed by atoms with E-state index in [0.29, 0.717) is 11.5 Å². The van der Waals surface area contributed by atoms with E-state index >= 15 is 0 Å². The average molecular weight is 357 g/mol. The number of nitro groups is 1. The van der Waals surface area contributed by atoms with Crippen molar-refractivity contribution in [1.82, 2.24) is 5.43 Å². The smallest absolute Gasteiger partial charge is 0.269 e. The van der Waals surface area contributed by atoms with E-state index in [2.05, 4.69) is 16.6 Å². The van der Waals surface area contributed by atoms with Gasteiger partial charge >= 0.3 is 0 Å². The van der Waals surface area contributed by atoms with Crippen molar-refractivity contribution in [3.63, 3.8) is 0 Å². The number of amides is 1. The maximum absolute atomic E-state index is 11.9. The highest BCUT2D eigenvalue weighted by Gasteiger charge is 2.06. The number of aryl methyl sites for hydroxylation is 1. The highest BCUT2D eigenvalue weighted by atomic mass is 32.2. The van der Waals surface area contributed by atoms with Gasteiger partial charge in [-0.2, -0.15) is 5.10 Å². The number of hydrogen-bond acceptors (Lipinski definition) is 5. The van der Waals surface area contributed by atoms with Crippen LogP contribution in [0, 0.1) is 17.0 Å². The van der Waals surface area contributed by atoms with Gasteiger partial charge in [-0.3, -0.25) is 14.9 Å². The molecule has 0 aliphatic heterocycles. The normalized spacial score (nSPS) is 11.2. The molecule has 0 fully saturated rings. The van der Waals surface area contributed by atoms with Crippen LogP contribution in [0.4, 0.5) is 5.69 Å². The zero-order chi connectivity index (χ0) is 18.2. The van der Waals surface area contributed by atoms with E-state index in [1.54, 1.807) is 19.1 Å². The summed E-state index contributed by atoms with van der Waals surface area (Å²) in [5.74, 6) is 0.899. The largest absolute Gasteiger partial charge is 0.272 e. The fourth-order valence-electron chi connectivity index (χ4n) is 2.09. The molecule has 130 valence electrons. The summed E-state index contributed by atoms with van der Waals surface area (Å²) < 4.78 is 0. The summed E-state index contributed by atoms with van der Waals surface area (Å²) in [7, 11) is 0. The number of nitrogens with zero attached hydrogens (tertiary/aromatic N) is 2. The van der Waals surface area contributed by atoms with Gasteiger partial charge in [0.15, 0.2) is 0 Å². The van der Waals surface area contributed by atoms with Crippen LogP contribution in [0.1, 0.15) is 23.6 Å². The van der Waals surface area contributed by atoms with Crippen LogP contribution in [0.15, 0.2) is 53.6 Å². The Bertz CT molecular complexity index is 788. The quantitative estimate of drug-likeness (QED) is 0.465. The van der Waals surface area contributed by atoms with Crippen LogP contribution in [0.25, 0.3) is 0 Å². The van der Waals surface area contributed by atoms with Gasteiger partial charge in [0, 0.05) is 17.9 Å². The summed E-state index contributed by atoms with van der Waals surface area (Å²) in [6.07, 6.45) is 0. The number of carbonyl (C=O) groups is 1. The Hall–Kier alpha value is -2.67. The number of rotatable bonds is 7. The van der Waals surface area contributed by atoms with Crippen molar-refractivity contribution in [2.75, 3.05) is 5.75 Å². The van der Waals surface area contributed by atoms with E-state index in [1.165, 1.54) is 35.0 Å². The zero-order valence-electron chi connectivity index (χ0n) is 14.1. The molecule has 25 heavy (non-hydrogen) atoms. The van der Waals surface area contributed by atoms with Crippen LogP contribution in [0.3, 0.4) is 0 Å². The lowest BCUT2D eigenvalue weighted by Gasteiger charge is -2.05. The summed E-state index contributed by atoms with van der Waals surface area (Å²) in [5.41, 5.74) is 6.27. The molecule has 0 heterocycles. The minimum Gasteiger partial charge on any atom is -0.272 e. The second-order valence-electron chi connectivity index (χ2n) is 5.46. The number of thioether (sulfide) groups is 1. The van der Waals surface area contributed by atoms with E-state index < -0.39 is 4.92 Å². The van der Waals surface area contributed by atoms with Gasteiger partial charge in [0.1, 0.15) is 0 Å². The SMILES string of the molecule is C/C(=N/NC(=O)CSCc1ccccc1C)c1ccc([N+](=O)[O-])cc1.